The molecule has 0 saturated heterocycles. The molecule has 1 aromatic heterocycles. The van der Waals surface area contributed by atoms with E-state index in [4.69, 9.17) is 11.6 Å². The fraction of sp³-hybridized carbons (Fsp3) is 0.250. The van der Waals surface area contributed by atoms with E-state index < -0.39 is 23.7 Å². The largest absolute Gasteiger partial charge is 0.463 e. The molecule has 1 amide bonds. The first-order chi connectivity index (χ1) is 7.66. The normalized spacial score (nSPS) is 12.4. The average molecular weight is 275 g/mol. The maximum absolute atomic E-state index is 12.5. The second-order valence-electron chi connectivity index (χ2n) is 2.87. The Bertz CT molecular complexity index is 434. The molecule has 1 rings (SSSR count). The smallest absolute Gasteiger partial charge is 0.318 e. The number of aromatic nitrogens is 1. The molecule has 0 atom stereocenters. The Labute approximate surface area is 96.6 Å². The lowest BCUT2D eigenvalue weighted by molar-refractivity contribution is -0.267. The van der Waals surface area contributed by atoms with Crippen molar-refractivity contribution in [2.24, 2.45) is 0 Å². The number of alkyl halides is 5. The molecule has 9 heteroatoms. The summed E-state index contributed by atoms with van der Waals surface area (Å²) in [6, 6.07) is 2.26. The number of halogens is 6. The molecule has 0 saturated carbocycles. The Morgan fingerprint density at radius 1 is 1.29 bits per heavy atom. The number of amides is 1. The SMILES string of the molecule is O=C(Nc1cccnc1Cl)C(F)(F)C(F)(F)F. The first-order valence-corrected chi connectivity index (χ1v) is 4.40. The zero-order valence-electron chi connectivity index (χ0n) is 7.86. The van der Waals surface area contributed by atoms with Gasteiger partial charge in [0.15, 0.2) is 5.15 Å². The van der Waals surface area contributed by atoms with Crippen molar-refractivity contribution in [1.82, 2.24) is 4.98 Å². The van der Waals surface area contributed by atoms with E-state index >= 15 is 0 Å². The molecule has 0 aromatic carbocycles. The Hall–Kier alpha value is -1.44. The van der Waals surface area contributed by atoms with Crippen molar-refractivity contribution in [3.8, 4) is 0 Å². The molecule has 1 aromatic rings. The van der Waals surface area contributed by atoms with Crippen LogP contribution in [0.25, 0.3) is 0 Å². The van der Waals surface area contributed by atoms with Gasteiger partial charge in [0.1, 0.15) is 0 Å². The average Bonchev–Trinajstić information content (AvgIpc) is 2.19. The van der Waals surface area contributed by atoms with Crippen molar-refractivity contribution in [2.45, 2.75) is 12.1 Å². The molecular formula is C8H4ClF5N2O. The highest BCUT2D eigenvalue weighted by Crippen LogP contribution is 2.36. The summed E-state index contributed by atoms with van der Waals surface area (Å²) >= 11 is 5.38. The summed E-state index contributed by atoms with van der Waals surface area (Å²) in [7, 11) is 0. The van der Waals surface area contributed by atoms with E-state index in [0.717, 1.165) is 6.07 Å². The first-order valence-electron chi connectivity index (χ1n) is 4.03. The zero-order valence-corrected chi connectivity index (χ0v) is 8.61. The van der Waals surface area contributed by atoms with Gasteiger partial charge in [-0.25, -0.2) is 4.98 Å². The van der Waals surface area contributed by atoms with Gasteiger partial charge in [0, 0.05) is 6.20 Å². The van der Waals surface area contributed by atoms with Gasteiger partial charge in [0.05, 0.1) is 5.69 Å². The van der Waals surface area contributed by atoms with E-state index in [-0.39, 0.29) is 5.15 Å². The minimum Gasteiger partial charge on any atom is -0.318 e. The third kappa shape index (κ3) is 2.82. The summed E-state index contributed by atoms with van der Waals surface area (Å²) in [4.78, 5) is 14.2. The highest BCUT2D eigenvalue weighted by Gasteiger charge is 2.63. The summed E-state index contributed by atoms with van der Waals surface area (Å²) in [6.45, 7) is 0. The van der Waals surface area contributed by atoms with Crippen molar-refractivity contribution in [1.29, 1.82) is 0 Å². The second kappa shape index (κ2) is 4.44. The predicted molar refractivity (Wildman–Crippen MR) is 48.9 cm³/mol. The number of carbonyl (C=O) groups is 1. The summed E-state index contributed by atoms with van der Waals surface area (Å²) in [6.07, 6.45) is -4.79. The number of nitrogens with zero attached hydrogens (tertiary/aromatic N) is 1. The van der Waals surface area contributed by atoms with Crippen molar-refractivity contribution in [2.75, 3.05) is 5.32 Å². The number of rotatable bonds is 2. The van der Waals surface area contributed by atoms with Crippen LogP contribution in [0.3, 0.4) is 0 Å². The minimum atomic E-state index is -5.97. The molecule has 0 aliphatic carbocycles. The van der Waals surface area contributed by atoms with Crippen LogP contribution in [0.2, 0.25) is 5.15 Å². The van der Waals surface area contributed by atoms with E-state index in [9.17, 15) is 26.7 Å². The van der Waals surface area contributed by atoms with Crippen molar-refractivity contribution in [3.05, 3.63) is 23.5 Å². The number of anilines is 1. The van der Waals surface area contributed by atoms with E-state index in [2.05, 4.69) is 4.98 Å². The van der Waals surface area contributed by atoms with Crippen LogP contribution in [0.4, 0.5) is 27.6 Å². The molecule has 3 nitrogen and oxygen atoms in total. The molecule has 1 N–H and O–H groups in total. The maximum Gasteiger partial charge on any atom is 0.463 e. The van der Waals surface area contributed by atoms with Gasteiger partial charge in [-0.1, -0.05) is 11.6 Å². The second-order valence-corrected chi connectivity index (χ2v) is 3.23. The lowest BCUT2D eigenvalue weighted by Gasteiger charge is -2.18. The molecule has 0 unspecified atom stereocenters. The Morgan fingerprint density at radius 3 is 2.35 bits per heavy atom. The molecule has 0 aliphatic rings. The third-order valence-corrected chi connectivity index (χ3v) is 1.95. The lowest BCUT2D eigenvalue weighted by Crippen LogP contribution is -2.47. The van der Waals surface area contributed by atoms with Crippen molar-refractivity contribution >= 4 is 23.2 Å². The number of nitrogens with one attached hydrogen (secondary N) is 1. The van der Waals surface area contributed by atoms with Crippen molar-refractivity contribution in [3.63, 3.8) is 0 Å². The zero-order chi connectivity index (χ0) is 13.3. The van der Waals surface area contributed by atoms with Gasteiger partial charge >= 0.3 is 18.0 Å². The lowest BCUT2D eigenvalue weighted by atomic mass is 10.3. The molecule has 1 heterocycles. The standard InChI is InChI=1S/C8H4ClF5N2O/c9-5-4(2-1-3-15-5)16-6(17)7(10,11)8(12,13)14/h1-3H,(H,16,17). The topological polar surface area (TPSA) is 42.0 Å². The van der Waals surface area contributed by atoms with Crippen LogP contribution in [0.15, 0.2) is 18.3 Å². The van der Waals surface area contributed by atoms with Crippen LogP contribution < -0.4 is 5.32 Å². The van der Waals surface area contributed by atoms with E-state index in [1.165, 1.54) is 17.6 Å². The summed E-state index contributed by atoms with van der Waals surface area (Å²) in [5, 5.41) is 0.964. The molecule has 0 aliphatic heterocycles. The van der Waals surface area contributed by atoms with Gasteiger partial charge in [-0.05, 0) is 12.1 Å². The molecule has 94 valence electrons. The Kier molecular flexibility index (Phi) is 3.56. The molecular weight excluding hydrogens is 271 g/mol. The number of pyridine rings is 1. The van der Waals surface area contributed by atoms with Gasteiger partial charge in [-0.15, -0.1) is 0 Å². The van der Waals surface area contributed by atoms with Crippen LogP contribution in [-0.2, 0) is 4.79 Å². The van der Waals surface area contributed by atoms with Gasteiger partial charge in [-0.2, -0.15) is 22.0 Å². The first kappa shape index (κ1) is 13.6. The minimum absolute atomic E-state index is 0.390. The van der Waals surface area contributed by atoms with Crippen LogP contribution in [-0.4, -0.2) is 23.0 Å². The fourth-order valence-corrected chi connectivity index (χ4v) is 0.975. The molecule has 0 fully saturated rings. The van der Waals surface area contributed by atoms with Gasteiger partial charge in [-0.3, -0.25) is 4.79 Å². The van der Waals surface area contributed by atoms with Crippen LogP contribution in [0.1, 0.15) is 0 Å². The van der Waals surface area contributed by atoms with Gasteiger partial charge in [0.2, 0.25) is 0 Å². The predicted octanol–water partition coefficient (Wildman–Crippen LogP) is 2.87. The van der Waals surface area contributed by atoms with Crippen molar-refractivity contribution < 1.29 is 26.7 Å². The molecule has 0 radical (unpaired) electrons. The summed E-state index contributed by atoms with van der Waals surface area (Å²) < 4.78 is 60.6. The fourth-order valence-electron chi connectivity index (χ4n) is 0.809. The quantitative estimate of drug-likeness (QED) is 0.665. The molecule has 17 heavy (non-hydrogen) atoms. The Morgan fingerprint density at radius 2 is 1.88 bits per heavy atom. The summed E-state index contributed by atoms with van der Waals surface area (Å²) in [5.41, 5.74) is -0.428. The monoisotopic (exact) mass is 274 g/mol. The molecule has 0 spiro atoms. The maximum atomic E-state index is 12.5. The highest BCUT2D eigenvalue weighted by molar-refractivity contribution is 6.32. The Balaban J connectivity index is 2.91. The van der Waals surface area contributed by atoms with E-state index in [0.29, 0.717) is 0 Å². The number of hydrogen-bond donors (Lipinski definition) is 1. The van der Waals surface area contributed by atoms with Gasteiger partial charge < -0.3 is 5.32 Å². The number of carbonyl (C=O) groups excluding carboxylic acids is 1. The van der Waals surface area contributed by atoms with Crippen LogP contribution in [0, 0.1) is 0 Å². The van der Waals surface area contributed by atoms with Crippen LogP contribution >= 0.6 is 11.6 Å². The van der Waals surface area contributed by atoms with E-state index in [1.807, 2.05) is 0 Å². The van der Waals surface area contributed by atoms with Gasteiger partial charge in [0.25, 0.3) is 0 Å². The molecule has 0 bridgehead atoms. The van der Waals surface area contributed by atoms with E-state index in [1.54, 1.807) is 0 Å². The summed E-state index contributed by atoms with van der Waals surface area (Å²) in [5.74, 6) is -8.01. The van der Waals surface area contributed by atoms with Crippen LogP contribution in [0.5, 0.6) is 0 Å². The number of hydrogen-bond acceptors (Lipinski definition) is 2. The third-order valence-electron chi connectivity index (χ3n) is 1.65. The highest BCUT2D eigenvalue weighted by atomic mass is 35.5.